The van der Waals surface area contributed by atoms with Crippen molar-refractivity contribution in [3.8, 4) is 0 Å². The first-order valence-corrected chi connectivity index (χ1v) is 5.46. The lowest BCUT2D eigenvalue weighted by Crippen LogP contribution is -2.36. The number of nitrogens with zero attached hydrogens (tertiary/aromatic N) is 4. The number of hydrogen-bond donors (Lipinski definition) is 1. The highest BCUT2D eigenvalue weighted by Gasteiger charge is 2.19. The average Bonchev–Trinajstić information content (AvgIpc) is 2.64. The van der Waals surface area contributed by atoms with E-state index in [4.69, 9.17) is 5.11 Å². The van der Waals surface area contributed by atoms with Gasteiger partial charge in [0.2, 0.25) is 0 Å². The molecular formula is C10H18N4O. The molecule has 1 saturated heterocycles. The molecule has 1 atom stereocenters. The molecule has 0 bridgehead atoms. The molecule has 0 spiro atoms. The Balaban J connectivity index is 1.88. The van der Waals surface area contributed by atoms with Crippen LogP contribution in [0.25, 0.3) is 0 Å². The van der Waals surface area contributed by atoms with Crippen LogP contribution in [0.2, 0.25) is 0 Å². The molecule has 1 aromatic rings. The Labute approximate surface area is 89.7 Å². The molecule has 0 aliphatic carbocycles. The number of rotatable bonds is 3. The Kier molecular flexibility index (Phi) is 3.33. The summed E-state index contributed by atoms with van der Waals surface area (Å²) in [5.74, 6) is 0.440. The smallest absolute Gasteiger partial charge is 0.0967 e. The first-order valence-electron chi connectivity index (χ1n) is 5.46. The van der Waals surface area contributed by atoms with E-state index in [0.29, 0.717) is 12.5 Å². The van der Waals surface area contributed by atoms with Gasteiger partial charge in [0, 0.05) is 32.9 Å². The van der Waals surface area contributed by atoms with Crippen molar-refractivity contribution in [3.05, 3.63) is 11.9 Å². The van der Waals surface area contributed by atoms with E-state index in [2.05, 4.69) is 15.2 Å². The minimum Gasteiger partial charge on any atom is -0.396 e. The number of aromatic nitrogens is 3. The fraction of sp³-hybridized carbons (Fsp3) is 0.800. The minimum absolute atomic E-state index is 0.303. The molecule has 1 aliphatic rings. The third-order valence-corrected chi connectivity index (χ3v) is 2.90. The summed E-state index contributed by atoms with van der Waals surface area (Å²) in [4.78, 5) is 2.34. The maximum absolute atomic E-state index is 9.12. The van der Waals surface area contributed by atoms with Crippen molar-refractivity contribution in [3.63, 3.8) is 0 Å². The molecule has 2 heterocycles. The first kappa shape index (κ1) is 10.6. The van der Waals surface area contributed by atoms with Crippen LogP contribution in [0.4, 0.5) is 0 Å². The van der Waals surface area contributed by atoms with E-state index in [1.807, 2.05) is 13.2 Å². The molecule has 1 aliphatic heterocycles. The predicted molar refractivity (Wildman–Crippen MR) is 56.1 cm³/mol. The van der Waals surface area contributed by atoms with Crippen LogP contribution in [-0.2, 0) is 13.6 Å². The van der Waals surface area contributed by atoms with Crippen LogP contribution < -0.4 is 0 Å². The Morgan fingerprint density at radius 1 is 1.60 bits per heavy atom. The Bertz CT molecular complexity index is 312. The SMILES string of the molecule is Cn1cc(CN2CCCC(CO)C2)nn1. The van der Waals surface area contributed by atoms with Gasteiger partial charge < -0.3 is 5.11 Å². The summed E-state index contributed by atoms with van der Waals surface area (Å²) in [6.07, 6.45) is 4.27. The van der Waals surface area contributed by atoms with Gasteiger partial charge in [-0.15, -0.1) is 5.10 Å². The van der Waals surface area contributed by atoms with Gasteiger partial charge >= 0.3 is 0 Å². The highest BCUT2D eigenvalue weighted by molar-refractivity contribution is 4.92. The quantitative estimate of drug-likeness (QED) is 0.764. The molecule has 5 nitrogen and oxygen atoms in total. The van der Waals surface area contributed by atoms with Gasteiger partial charge in [0.25, 0.3) is 0 Å². The first-order chi connectivity index (χ1) is 7.28. The van der Waals surface area contributed by atoms with Gasteiger partial charge in [-0.05, 0) is 25.3 Å². The lowest BCUT2D eigenvalue weighted by molar-refractivity contribution is 0.115. The third-order valence-electron chi connectivity index (χ3n) is 2.90. The number of likely N-dealkylation sites (tertiary alicyclic amines) is 1. The fourth-order valence-corrected chi connectivity index (χ4v) is 2.14. The van der Waals surface area contributed by atoms with E-state index in [1.54, 1.807) is 4.68 Å². The van der Waals surface area contributed by atoms with Crippen LogP contribution in [0.5, 0.6) is 0 Å². The molecule has 0 radical (unpaired) electrons. The van der Waals surface area contributed by atoms with E-state index < -0.39 is 0 Å². The van der Waals surface area contributed by atoms with Crippen LogP contribution >= 0.6 is 0 Å². The van der Waals surface area contributed by atoms with Gasteiger partial charge in [-0.25, -0.2) is 0 Å². The highest BCUT2D eigenvalue weighted by Crippen LogP contribution is 2.17. The standard InChI is InChI=1S/C10H18N4O/c1-13-6-10(11-12-13)7-14-4-2-3-9(5-14)8-15/h6,9,15H,2-5,7-8H2,1H3. The molecule has 0 aromatic carbocycles. The molecule has 5 heteroatoms. The van der Waals surface area contributed by atoms with Crippen molar-refractivity contribution in [1.82, 2.24) is 19.9 Å². The molecule has 0 saturated carbocycles. The maximum Gasteiger partial charge on any atom is 0.0967 e. The van der Waals surface area contributed by atoms with Crippen LogP contribution in [0.3, 0.4) is 0 Å². The molecule has 1 unspecified atom stereocenters. The zero-order valence-electron chi connectivity index (χ0n) is 9.13. The summed E-state index contributed by atoms with van der Waals surface area (Å²) in [5, 5.41) is 17.1. The average molecular weight is 210 g/mol. The fourth-order valence-electron chi connectivity index (χ4n) is 2.14. The van der Waals surface area contributed by atoms with Gasteiger partial charge in [0.1, 0.15) is 0 Å². The summed E-state index contributed by atoms with van der Waals surface area (Å²) < 4.78 is 1.73. The molecule has 15 heavy (non-hydrogen) atoms. The second-order valence-electron chi connectivity index (χ2n) is 4.31. The normalized spacial score (nSPS) is 23.2. The van der Waals surface area contributed by atoms with Crippen molar-refractivity contribution < 1.29 is 5.11 Å². The predicted octanol–water partition coefficient (Wildman–Crippen LogP) is 0.0194. The molecule has 1 aromatic heterocycles. The van der Waals surface area contributed by atoms with Crippen molar-refractivity contribution >= 4 is 0 Å². The Morgan fingerprint density at radius 2 is 2.47 bits per heavy atom. The van der Waals surface area contributed by atoms with E-state index in [0.717, 1.165) is 31.7 Å². The number of piperidine rings is 1. The van der Waals surface area contributed by atoms with Crippen molar-refractivity contribution in [2.75, 3.05) is 19.7 Å². The molecule has 0 amide bonds. The van der Waals surface area contributed by atoms with Crippen LogP contribution in [0.15, 0.2) is 6.20 Å². The molecule has 2 rings (SSSR count). The van der Waals surface area contributed by atoms with Crippen LogP contribution in [0, 0.1) is 5.92 Å². The third kappa shape index (κ3) is 2.76. The van der Waals surface area contributed by atoms with Gasteiger partial charge in [-0.3, -0.25) is 9.58 Å². The minimum atomic E-state index is 0.303. The zero-order chi connectivity index (χ0) is 10.7. The number of aliphatic hydroxyl groups excluding tert-OH is 1. The molecule has 1 N–H and O–H groups in total. The summed E-state index contributed by atoms with van der Waals surface area (Å²) in [7, 11) is 1.88. The van der Waals surface area contributed by atoms with Gasteiger partial charge in [0.15, 0.2) is 0 Å². The summed E-state index contributed by atoms with van der Waals surface area (Å²) in [5.41, 5.74) is 1.01. The van der Waals surface area contributed by atoms with Crippen molar-refractivity contribution in [1.29, 1.82) is 0 Å². The topological polar surface area (TPSA) is 54.2 Å². The largest absolute Gasteiger partial charge is 0.396 e. The number of hydrogen-bond acceptors (Lipinski definition) is 4. The zero-order valence-corrected chi connectivity index (χ0v) is 9.13. The van der Waals surface area contributed by atoms with Crippen LogP contribution in [0.1, 0.15) is 18.5 Å². The lowest BCUT2D eigenvalue weighted by atomic mass is 9.99. The molecule has 1 fully saturated rings. The second-order valence-corrected chi connectivity index (χ2v) is 4.31. The summed E-state index contributed by atoms with van der Waals surface area (Å²) in [6, 6.07) is 0. The summed E-state index contributed by atoms with van der Waals surface area (Å²) in [6.45, 7) is 3.24. The second kappa shape index (κ2) is 4.72. The Morgan fingerprint density at radius 3 is 3.13 bits per heavy atom. The lowest BCUT2D eigenvalue weighted by Gasteiger charge is -2.30. The Hall–Kier alpha value is -0.940. The molecule has 84 valence electrons. The van der Waals surface area contributed by atoms with Gasteiger partial charge in [-0.2, -0.15) is 0 Å². The summed E-state index contributed by atoms with van der Waals surface area (Å²) >= 11 is 0. The van der Waals surface area contributed by atoms with Crippen molar-refractivity contribution in [2.45, 2.75) is 19.4 Å². The number of aliphatic hydroxyl groups is 1. The van der Waals surface area contributed by atoms with Gasteiger partial charge in [0.05, 0.1) is 5.69 Å². The highest BCUT2D eigenvalue weighted by atomic mass is 16.3. The van der Waals surface area contributed by atoms with E-state index in [1.165, 1.54) is 6.42 Å². The molecular weight excluding hydrogens is 192 g/mol. The maximum atomic E-state index is 9.12. The van der Waals surface area contributed by atoms with E-state index >= 15 is 0 Å². The van der Waals surface area contributed by atoms with Gasteiger partial charge in [-0.1, -0.05) is 5.21 Å². The van der Waals surface area contributed by atoms with Crippen molar-refractivity contribution in [2.24, 2.45) is 13.0 Å². The van der Waals surface area contributed by atoms with E-state index in [9.17, 15) is 0 Å². The van der Waals surface area contributed by atoms with Crippen LogP contribution in [-0.4, -0.2) is 44.7 Å². The van der Waals surface area contributed by atoms with E-state index in [-0.39, 0.29) is 0 Å². The number of aryl methyl sites for hydroxylation is 1. The monoisotopic (exact) mass is 210 g/mol.